The summed E-state index contributed by atoms with van der Waals surface area (Å²) in [5.74, 6) is 0. The van der Waals surface area contributed by atoms with Gasteiger partial charge in [0.2, 0.25) is 0 Å². The molecule has 7 nitrogen and oxygen atoms in total. The van der Waals surface area contributed by atoms with Gasteiger partial charge in [-0.2, -0.15) is 0 Å². The van der Waals surface area contributed by atoms with Crippen LogP contribution in [0.25, 0.3) is 21.9 Å². The molecule has 0 radical (unpaired) electrons. The third-order valence-corrected chi connectivity index (χ3v) is 6.01. The van der Waals surface area contributed by atoms with E-state index < -0.39 is 14.9 Å². The number of sulfonamides is 1. The maximum atomic E-state index is 12.9. The van der Waals surface area contributed by atoms with E-state index in [4.69, 9.17) is 4.42 Å². The SMILES string of the molecule is Cc1cccc(C)c1NS(=O)(=O)c1ccc2oc3cc([N+](=O)[O-])ccc3c2c1. The topological polar surface area (TPSA) is 102 Å². The fourth-order valence-corrected chi connectivity index (χ4v) is 4.42. The third kappa shape index (κ3) is 2.97. The molecule has 0 aliphatic rings. The van der Waals surface area contributed by atoms with E-state index in [1.807, 2.05) is 32.0 Å². The molecule has 0 aliphatic carbocycles. The van der Waals surface area contributed by atoms with Gasteiger partial charge in [0.25, 0.3) is 15.7 Å². The monoisotopic (exact) mass is 396 g/mol. The number of nitrogens with one attached hydrogen (secondary N) is 1. The quantitative estimate of drug-likeness (QED) is 0.390. The molecule has 0 amide bonds. The molecule has 0 spiro atoms. The molecular weight excluding hydrogens is 380 g/mol. The summed E-state index contributed by atoms with van der Waals surface area (Å²) in [6.07, 6.45) is 0. The number of nitro benzene ring substituents is 1. The molecule has 4 aromatic rings. The number of para-hydroxylation sites is 1. The van der Waals surface area contributed by atoms with Crippen molar-refractivity contribution in [3.8, 4) is 0 Å². The summed E-state index contributed by atoms with van der Waals surface area (Å²) in [5, 5.41) is 12.1. The van der Waals surface area contributed by atoms with Crippen molar-refractivity contribution in [1.29, 1.82) is 0 Å². The number of non-ortho nitro benzene ring substituents is 1. The Hall–Kier alpha value is -3.39. The van der Waals surface area contributed by atoms with Gasteiger partial charge < -0.3 is 4.42 Å². The van der Waals surface area contributed by atoms with Gasteiger partial charge in [-0.3, -0.25) is 14.8 Å². The van der Waals surface area contributed by atoms with E-state index in [1.165, 1.54) is 24.3 Å². The maximum Gasteiger partial charge on any atom is 0.273 e. The van der Waals surface area contributed by atoms with Crippen molar-refractivity contribution < 1.29 is 17.8 Å². The highest BCUT2D eigenvalue weighted by atomic mass is 32.2. The van der Waals surface area contributed by atoms with Crippen LogP contribution in [0.5, 0.6) is 0 Å². The van der Waals surface area contributed by atoms with Crippen LogP contribution in [-0.2, 0) is 10.0 Å². The van der Waals surface area contributed by atoms with E-state index in [1.54, 1.807) is 12.1 Å². The summed E-state index contributed by atoms with van der Waals surface area (Å²) in [6.45, 7) is 3.68. The molecule has 4 rings (SSSR count). The summed E-state index contributed by atoms with van der Waals surface area (Å²) in [5.41, 5.74) is 2.91. The van der Waals surface area contributed by atoms with E-state index in [0.717, 1.165) is 11.1 Å². The molecule has 3 aromatic carbocycles. The Balaban J connectivity index is 1.82. The minimum atomic E-state index is -3.82. The first kappa shape index (κ1) is 18.0. The van der Waals surface area contributed by atoms with Crippen molar-refractivity contribution in [3.05, 3.63) is 75.8 Å². The van der Waals surface area contributed by atoms with Crippen LogP contribution >= 0.6 is 0 Å². The molecular formula is C20H16N2O5S. The summed E-state index contributed by atoms with van der Waals surface area (Å²) >= 11 is 0. The lowest BCUT2D eigenvalue weighted by Crippen LogP contribution is -2.14. The van der Waals surface area contributed by atoms with E-state index in [0.29, 0.717) is 27.6 Å². The molecule has 1 N–H and O–H groups in total. The maximum absolute atomic E-state index is 12.9. The number of benzene rings is 3. The average Bonchev–Trinajstić information content (AvgIpc) is 3.01. The first-order valence-electron chi connectivity index (χ1n) is 8.46. The van der Waals surface area contributed by atoms with Crippen molar-refractivity contribution in [1.82, 2.24) is 0 Å². The van der Waals surface area contributed by atoms with Crippen LogP contribution in [0.4, 0.5) is 11.4 Å². The zero-order valence-electron chi connectivity index (χ0n) is 15.1. The number of fused-ring (bicyclic) bond motifs is 3. The van der Waals surface area contributed by atoms with Crippen LogP contribution in [0, 0.1) is 24.0 Å². The Kier molecular flexibility index (Phi) is 4.08. The second-order valence-corrected chi connectivity index (χ2v) is 8.25. The number of nitrogens with zero attached hydrogens (tertiary/aromatic N) is 1. The number of anilines is 1. The van der Waals surface area contributed by atoms with Gasteiger partial charge in [-0.25, -0.2) is 8.42 Å². The van der Waals surface area contributed by atoms with Gasteiger partial charge in [0.15, 0.2) is 0 Å². The fraction of sp³-hybridized carbons (Fsp3) is 0.100. The highest BCUT2D eigenvalue weighted by molar-refractivity contribution is 7.92. The number of hydrogen-bond donors (Lipinski definition) is 1. The molecule has 0 fully saturated rings. The number of hydrogen-bond acceptors (Lipinski definition) is 5. The highest BCUT2D eigenvalue weighted by Crippen LogP contribution is 2.33. The van der Waals surface area contributed by atoms with Crippen LogP contribution in [0.1, 0.15) is 11.1 Å². The zero-order valence-corrected chi connectivity index (χ0v) is 15.9. The molecule has 142 valence electrons. The molecule has 28 heavy (non-hydrogen) atoms. The molecule has 0 unspecified atom stereocenters. The molecule has 0 aliphatic heterocycles. The lowest BCUT2D eigenvalue weighted by molar-refractivity contribution is -0.384. The van der Waals surface area contributed by atoms with E-state index in [9.17, 15) is 18.5 Å². The first-order valence-corrected chi connectivity index (χ1v) is 9.94. The minimum absolute atomic E-state index is 0.0868. The summed E-state index contributed by atoms with van der Waals surface area (Å²) in [7, 11) is -3.82. The molecule has 0 bridgehead atoms. The van der Waals surface area contributed by atoms with Gasteiger partial charge >= 0.3 is 0 Å². The molecule has 0 saturated carbocycles. The van der Waals surface area contributed by atoms with Crippen molar-refractivity contribution in [2.75, 3.05) is 4.72 Å². The smallest absolute Gasteiger partial charge is 0.273 e. The van der Waals surface area contributed by atoms with Gasteiger partial charge in [0.1, 0.15) is 11.2 Å². The third-order valence-electron chi connectivity index (χ3n) is 4.66. The molecule has 1 aromatic heterocycles. The Labute approximate surface area is 160 Å². The molecule has 8 heteroatoms. The van der Waals surface area contributed by atoms with Crippen LogP contribution in [0.3, 0.4) is 0 Å². The van der Waals surface area contributed by atoms with Crippen molar-refractivity contribution in [2.45, 2.75) is 18.7 Å². The fourth-order valence-electron chi connectivity index (χ4n) is 3.19. The second kappa shape index (κ2) is 6.35. The summed E-state index contributed by atoms with van der Waals surface area (Å²) in [6, 6.07) is 14.3. The largest absolute Gasteiger partial charge is 0.456 e. The van der Waals surface area contributed by atoms with Crippen molar-refractivity contribution in [2.24, 2.45) is 0 Å². The molecule has 0 atom stereocenters. The van der Waals surface area contributed by atoms with Crippen molar-refractivity contribution >= 4 is 43.3 Å². The predicted octanol–water partition coefficient (Wildman–Crippen LogP) is 4.91. The van der Waals surface area contributed by atoms with Crippen LogP contribution in [0.15, 0.2) is 63.9 Å². The van der Waals surface area contributed by atoms with E-state index >= 15 is 0 Å². The first-order chi connectivity index (χ1) is 13.3. The number of rotatable bonds is 4. The Morgan fingerprint density at radius 1 is 0.929 bits per heavy atom. The van der Waals surface area contributed by atoms with Gasteiger partial charge in [0, 0.05) is 16.8 Å². The lowest BCUT2D eigenvalue weighted by atomic mass is 10.1. The second-order valence-electron chi connectivity index (χ2n) is 6.57. The Morgan fingerprint density at radius 2 is 1.64 bits per heavy atom. The van der Waals surface area contributed by atoms with E-state index in [2.05, 4.69) is 4.72 Å². The Bertz CT molecular complexity index is 1340. The Morgan fingerprint density at radius 3 is 2.32 bits per heavy atom. The highest BCUT2D eigenvalue weighted by Gasteiger charge is 2.19. The number of furan rings is 1. The summed E-state index contributed by atoms with van der Waals surface area (Å²) in [4.78, 5) is 10.5. The zero-order chi connectivity index (χ0) is 20.1. The molecule has 1 heterocycles. The molecule has 0 saturated heterocycles. The van der Waals surface area contributed by atoms with Gasteiger partial charge in [-0.05, 0) is 49.2 Å². The predicted molar refractivity (Wildman–Crippen MR) is 107 cm³/mol. The lowest BCUT2D eigenvalue weighted by Gasteiger charge is -2.13. The standard InChI is InChI=1S/C20H16N2O5S/c1-12-4-3-5-13(2)20(12)21-28(25,26)15-7-9-18-17(11-15)16-8-6-14(22(23)24)10-19(16)27-18/h3-11,21H,1-2H3. The van der Waals surface area contributed by atoms with Gasteiger partial charge in [0.05, 0.1) is 21.6 Å². The van der Waals surface area contributed by atoms with Crippen LogP contribution in [-0.4, -0.2) is 13.3 Å². The number of aryl methyl sites for hydroxylation is 2. The van der Waals surface area contributed by atoms with Crippen LogP contribution in [0.2, 0.25) is 0 Å². The minimum Gasteiger partial charge on any atom is -0.456 e. The van der Waals surface area contributed by atoms with Crippen LogP contribution < -0.4 is 4.72 Å². The van der Waals surface area contributed by atoms with Crippen molar-refractivity contribution in [3.63, 3.8) is 0 Å². The number of nitro groups is 1. The van der Waals surface area contributed by atoms with Gasteiger partial charge in [-0.1, -0.05) is 18.2 Å². The normalized spacial score (nSPS) is 11.8. The van der Waals surface area contributed by atoms with Gasteiger partial charge in [-0.15, -0.1) is 0 Å². The van der Waals surface area contributed by atoms with E-state index in [-0.39, 0.29) is 10.6 Å². The summed E-state index contributed by atoms with van der Waals surface area (Å²) < 4.78 is 34.1. The average molecular weight is 396 g/mol.